The van der Waals surface area contributed by atoms with Crippen LogP contribution in [0.3, 0.4) is 0 Å². The summed E-state index contributed by atoms with van der Waals surface area (Å²) in [5.74, 6) is 1.08. The Balaban J connectivity index is 2.33. The van der Waals surface area contributed by atoms with Crippen molar-refractivity contribution in [3.8, 4) is 0 Å². The van der Waals surface area contributed by atoms with Crippen molar-refractivity contribution in [1.82, 2.24) is 15.1 Å². The number of hydrogen-bond donors (Lipinski definition) is 1. The van der Waals surface area contributed by atoms with E-state index in [1.165, 1.54) is 6.42 Å². The molecule has 0 spiro atoms. The Hall–Kier alpha value is -0.810. The van der Waals surface area contributed by atoms with Gasteiger partial charge in [0.2, 0.25) is 0 Å². The van der Waals surface area contributed by atoms with Crippen LogP contribution in [0.5, 0.6) is 0 Å². The van der Waals surface area contributed by atoms with Crippen molar-refractivity contribution < 1.29 is 4.74 Å². The third-order valence-corrected chi connectivity index (χ3v) is 4.54. The Kier molecular flexibility index (Phi) is 10.3. The number of aliphatic imine (C=N–C) groups is 1. The summed E-state index contributed by atoms with van der Waals surface area (Å²) in [6.07, 6.45) is 5.02. The Bertz CT molecular complexity index is 325. The average molecular weight is 327 g/mol. The zero-order valence-corrected chi connectivity index (χ0v) is 16.0. The van der Waals surface area contributed by atoms with E-state index in [1.54, 1.807) is 0 Å². The molecule has 5 nitrogen and oxygen atoms in total. The predicted molar refractivity (Wildman–Crippen MR) is 99.2 cm³/mol. The molecule has 1 aliphatic heterocycles. The summed E-state index contributed by atoms with van der Waals surface area (Å²) < 4.78 is 5.73. The fourth-order valence-electron chi connectivity index (χ4n) is 2.81. The molecule has 0 aliphatic carbocycles. The molecule has 0 aromatic heterocycles. The van der Waals surface area contributed by atoms with Gasteiger partial charge >= 0.3 is 0 Å². The van der Waals surface area contributed by atoms with Crippen LogP contribution >= 0.6 is 0 Å². The Labute approximate surface area is 143 Å². The molecule has 0 amide bonds. The highest BCUT2D eigenvalue weighted by atomic mass is 16.5. The molecule has 0 radical (unpaired) electrons. The normalized spacial score (nSPS) is 17.3. The fraction of sp³-hybridized carbons (Fsp3) is 0.944. The lowest BCUT2D eigenvalue weighted by Gasteiger charge is -2.34. The van der Waals surface area contributed by atoms with E-state index in [1.807, 2.05) is 0 Å². The molecule has 0 aromatic carbocycles. The SMILES string of the molecule is CCNC(=NCCCCN(C)C(C)C)N1CCC(OCC)CC1. The predicted octanol–water partition coefficient (Wildman–Crippen LogP) is 2.57. The smallest absolute Gasteiger partial charge is 0.193 e. The molecule has 1 aliphatic rings. The highest BCUT2D eigenvalue weighted by Crippen LogP contribution is 2.13. The van der Waals surface area contributed by atoms with Gasteiger partial charge in [-0.2, -0.15) is 0 Å². The molecule has 1 heterocycles. The number of nitrogens with zero attached hydrogens (tertiary/aromatic N) is 3. The summed E-state index contributed by atoms with van der Waals surface area (Å²) in [4.78, 5) is 9.61. The van der Waals surface area contributed by atoms with Gasteiger partial charge in [0.05, 0.1) is 6.10 Å². The van der Waals surface area contributed by atoms with Gasteiger partial charge in [0.1, 0.15) is 0 Å². The van der Waals surface area contributed by atoms with Gasteiger partial charge in [0, 0.05) is 38.8 Å². The van der Waals surface area contributed by atoms with E-state index in [-0.39, 0.29) is 0 Å². The van der Waals surface area contributed by atoms with Crippen LogP contribution in [-0.4, -0.2) is 74.3 Å². The molecule has 23 heavy (non-hydrogen) atoms. The molecule has 136 valence electrons. The molecular formula is C18H38N4O. The lowest BCUT2D eigenvalue weighted by Crippen LogP contribution is -2.47. The highest BCUT2D eigenvalue weighted by molar-refractivity contribution is 5.80. The van der Waals surface area contributed by atoms with Crippen molar-refractivity contribution in [1.29, 1.82) is 0 Å². The van der Waals surface area contributed by atoms with Gasteiger partial charge in [-0.25, -0.2) is 0 Å². The van der Waals surface area contributed by atoms with Crippen LogP contribution in [-0.2, 0) is 4.74 Å². The second-order valence-electron chi connectivity index (χ2n) is 6.66. The van der Waals surface area contributed by atoms with Crippen molar-refractivity contribution in [3.63, 3.8) is 0 Å². The molecule has 1 saturated heterocycles. The van der Waals surface area contributed by atoms with E-state index in [0.29, 0.717) is 12.1 Å². The van der Waals surface area contributed by atoms with Crippen molar-refractivity contribution >= 4 is 5.96 Å². The number of unbranched alkanes of at least 4 members (excludes halogenated alkanes) is 1. The number of likely N-dealkylation sites (tertiary alicyclic amines) is 1. The van der Waals surface area contributed by atoms with Crippen LogP contribution in [0, 0.1) is 0 Å². The van der Waals surface area contributed by atoms with Crippen LogP contribution in [0.1, 0.15) is 53.4 Å². The molecule has 0 atom stereocenters. The first kappa shape index (κ1) is 20.2. The number of nitrogens with one attached hydrogen (secondary N) is 1. The van der Waals surface area contributed by atoms with E-state index in [4.69, 9.17) is 9.73 Å². The van der Waals surface area contributed by atoms with Gasteiger partial charge in [-0.05, 0) is 67.0 Å². The summed E-state index contributed by atoms with van der Waals surface area (Å²) in [6.45, 7) is 14.6. The Morgan fingerprint density at radius 3 is 2.52 bits per heavy atom. The van der Waals surface area contributed by atoms with Crippen LogP contribution < -0.4 is 5.32 Å². The first-order chi connectivity index (χ1) is 11.1. The van der Waals surface area contributed by atoms with E-state index in [0.717, 1.165) is 64.6 Å². The minimum absolute atomic E-state index is 0.436. The lowest BCUT2D eigenvalue weighted by molar-refractivity contribution is 0.0264. The third kappa shape index (κ3) is 8.02. The Morgan fingerprint density at radius 2 is 1.96 bits per heavy atom. The summed E-state index contributed by atoms with van der Waals surface area (Å²) in [5.41, 5.74) is 0. The minimum Gasteiger partial charge on any atom is -0.378 e. The summed E-state index contributed by atoms with van der Waals surface area (Å²) in [5, 5.41) is 3.44. The monoisotopic (exact) mass is 326 g/mol. The van der Waals surface area contributed by atoms with E-state index in [9.17, 15) is 0 Å². The largest absolute Gasteiger partial charge is 0.378 e. The topological polar surface area (TPSA) is 40.1 Å². The van der Waals surface area contributed by atoms with Crippen LogP contribution in [0.15, 0.2) is 4.99 Å². The number of guanidine groups is 1. The van der Waals surface area contributed by atoms with Gasteiger partial charge in [0.15, 0.2) is 5.96 Å². The molecule has 1 N–H and O–H groups in total. The first-order valence-corrected chi connectivity index (χ1v) is 9.43. The maximum atomic E-state index is 5.73. The fourth-order valence-corrected chi connectivity index (χ4v) is 2.81. The summed E-state index contributed by atoms with van der Waals surface area (Å²) >= 11 is 0. The van der Waals surface area contributed by atoms with Gasteiger partial charge in [-0.1, -0.05) is 0 Å². The van der Waals surface area contributed by atoms with Gasteiger partial charge in [-0.3, -0.25) is 4.99 Å². The quantitative estimate of drug-likeness (QED) is 0.402. The van der Waals surface area contributed by atoms with E-state index in [2.05, 4.69) is 49.9 Å². The van der Waals surface area contributed by atoms with Crippen LogP contribution in [0.25, 0.3) is 0 Å². The van der Waals surface area contributed by atoms with Gasteiger partial charge in [0.25, 0.3) is 0 Å². The maximum absolute atomic E-state index is 5.73. The van der Waals surface area contributed by atoms with Crippen molar-refractivity contribution in [3.05, 3.63) is 0 Å². The molecule has 1 fully saturated rings. The second-order valence-corrected chi connectivity index (χ2v) is 6.66. The van der Waals surface area contributed by atoms with Crippen molar-refractivity contribution in [2.24, 2.45) is 4.99 Å². The first-order valence-electron chi connectivity index (χ1n) is 9.43. The third-order valence-electron chi connectivity index (χ3n) is 4.54. The number of rotatable bonds is 9. The highest BCUT2D eigenvalue weighted by Gasteiger charge is 2.21. The van der Waals surface area contributed by atoms with Crippen LogP contribution in [0.2, 0.25) is 0 Å². The molecule has 0 aromatic rings. The van der Waals surface area contributed by atoms with E-state index >= 15 is 0 Å². The number of hydrogen-bond acceptors (Lipinski definition) is 3. The second kappa shape index (κ2) is 11.7. The molecular weight excluding hydrogens is 288 g/mol. The standard InChI is InChI=1S/C18H38N4O/c1-6-19-18(20-12-8-9-13-21(5)16(3)4)22-14-10-17(11-15-22)23-7-2/h16-17H,6-15H2,1-5H3,(H,19,20). The van der Waals surface area contributed by atoms with Crippen LogP contribution in [0.4, 0.5) is 0 Å². The maximum Gasteiger partial charge on any atom is 0.193 e. The van der Waals surface area contributed by atoms with Crippen molar-refractivity contribution in [2.45, 2.75) is 65.5 Å². The zero-order chi connectivity index (χ0) is 17.1. The molecule has 0 saturated carbocycles. The zero-order valence-electron chi connectivity index (χ0n) is 16.0. The summed E-state index contributed by atoms with van der Waals surface area (Å²) in [7, 11) is 2.19. The number of ether oxygens (including phenoxy) is 1. The molecule has 1 rings (SSSR count). The van der Waals surface area contributed by atoms with Gasteiger partial charge < -0.3 is 19.9 Å². The van der Waals surface area contributed by atoms with Crippen molar-refractivity contribution in [2.75, 3.05) is 46.4 Å². The minimum atomic E-state index is 0.436. The Morgan fingerprint density at radius 1 is 1.26 bits per heavy atom. The average Bonchev–Trinajstić information content (AvgIpc) is 2.54. The number of piperidine rings is 1. The lowest BCUT2D eigenvalue weighted by atomic mass is 10.1. The summed E-state index contributed by atoms with van der Waals surface area (Å²) in [6, 6.07) is 0.627. The molecule has 5 heteroatoms. The molecule has 0 unspecified atom stereocenters. The van der Waals surface area contributed by atoms with E-state index < -0.39 is 0 Å². The van der Waals surface area contributed by atoms with Gasteiger partial charge in [-0.15, -0.1) is 0 Å². The molecule has 0 bridgehead atoms.